The van der Waals surface area contributed by atoms with E-state index in [2.05, 4.69) is 15.7 Å². The highest BCUT2D eigenvalue weighted by Crippen LogP contribution is 2.30. The Morgan fingerprint density at radius 3 is 2.48 bits per heavy atom. The van der Waals surface area contributed by atoms with Crippen molar-refractivity contribution in [1.29, 1.82) is 0 Å². The maximum atomic E-state index is 13.2. The van der Waals surface area contributed by atoms with E-state index in [0.29, 0.717) is 25.4 Å². The monoisotopic (exact) mass is 417 g/mol. The van der Waals surface area contributed by atoms with Crippen LogP contribution in [0.4, 0.5) is 5.69 Å². The van der Waals surface area contributed by atoms with Crippen molar-refractivity contribution in [3.8, 4) is 0 Å². The van der Waals surface area contributed by atoms with Crippen LogP contribution in [0.25, 0.3) is 0 Å². The molecular formula is C21H28ClN5O2. The molecule has 1 aromatic carbocycles. The average molecular weight is 418 g/mol. The molecule has 0 radical (unpaired) electrons. The van der Waals surface area contributed by atoms with Gasteiger partial charge in [-0.2, -0.15) is 5.10 Å². The summed E-state index contributed by atoms with van der Waals surface area (Å²) in [5.74, 6) is 0.0840. The zero-order valence-electron chi connectivity index (χ0n) is 16.6. The van der Waals surface area contributed by atoms with Crippen LogP contribution in [0.5, 0.6) is 0 Å². The fourth-order valence-electron chi connectivity index (χ4n) is 3.94. The van der Waals surface area contributed by atoms with Crippen molar-refractivity contribution < 1.29 is 9.59 Å². The number of hydrogen-bond acceptors (Lipinski definition) is 4. The maximum Gasteiger partial charge on any atom is 0.252 e. The van der Waals surface area contributed by atoms with Gasteiger partial charge in [0.1, 0.15) is 5.54 Å². The van der Waals surface area contributed by atoms with Gasteiger partial charge in [0, 0.05) is 37.6 Å². The number of hydrogen-bond donors (Lipinski definition) is 2. The molecular weight excluding hydrogens is 390 g/mol. The minimum Gasteiger partial charge on any atom is -0.336 e. The Morgan fingerprint density at radius 2 is 1.93 bits per heavy atom. The molecule has 0 spiro atoms. The molecule has 156 valence electrons. The molecule has 0 bridgehead atoms. The van der Waals surface area contributed by atoms with Crippen LogP contribution in [0.2, 0.25) is 0 Å². The molecule has 1 aromatic heterocycles. The number of nitrogens with zero attached hydrogens (tertiary/aromatic N) is 3. The van der Waals surface area contributed by atoms with Gasteiger partial charge in [0.2, 0.25) is 5.91 Å². The molecule has 1 aliphatic carbocycles. The lowest BCUT2D eigenvalue weighted by Crippen LogP contribution is -2.52. The van der Waals surface area contributed by atoms with Gasteiger partial charge in [-0.3, -0.25) is 14.3 Å². The van der Waals surface area contributed by atoms with Gasteiger partial charge in [-0.05, 0) is 62.5 Å². The predicted octanol–water partition coefficient (Wildman–Crippen LogP) is 2.53. The second-order valence-electron chi connectivity index (χ2n) is 7.76. The Hall–Kier alpha value is -2.38. The van der Waals surface area contributed by atoms with E-state index in [-0.39, 0.29) is 24.2 Å². The number of aromatic nitrogens is 2. The number of nitrogens with one attached hydrogen (secondary N) is 2. The normalized spacial score (nSPS) is 17.8. The maximum absolute atomic E-state index is 13.2. The fraction of sp³-hybridized carbons (Fsp3) is 0.476. The van der Waals surface area contributed by atoms with Gasteiger partial charge < -0.3 is 15.5 Å². The standard InChI is InChI=1S/C21H27N5O2.ClH/c1-16(27)25(19-7-8-19)15-17-3-5-18(6-4-17)24-20(28)21(9-12-22-13-10-21)26-14-2-11-23-26;/h2-6,11,14,19,22H,7-10,12-13,15H2,1H3,(H,24,28);1H. The lowest BCUT2D eigenvalue weighted by molar-refractivity contribution is -0.130. The van der Waals surface area contributed by atoms with Crippen LogP contribution in [0.15, 0.2) is 42.7 Å². The van der Waals surface area contributed by atoms with E-state index in [1.807, 2.05) is 41.4 Å². The van der Waals surface area contributed by atoms with Crippen molar-refractivity contribution in [2.24, 2.45) is 0 Å². The van der Waals surface area contributed by atoms with Crippen molar-refractivity contribution in [1.82, 2.24) is 20.0 Å². The van der Waals surface area contributed by atoms with Crippen LogP contribution in [-0.4, -0.2) is 45.6 Å². The lowest BCUT2D eigenvalue weighted by atomic mass is 9.87. The van der Waals surface area contributed by atoms with Crippen molar-refractivity contribution in [3.63, 3.8) is 0 Å². The summed E-state index contributed by atoms with van der Waals surface area (Å²) in [5.41, 5.74) is 1.17. The highest BCUT2D eigenvalue weighted by atomic mass is 35.5. The molecule has 8 heteroatoms. The highest BCUT2D eigenvalue weighted by Gasteiger charge is 2.42. The number of benzene rings is 1. The molecule has 1 aliphatic heterocycles. The van der Waals surface area contributed by atoms with Gasteiger partial charge in [-0.1, -0.05) is 12.1 Å². The summed E-state index contributed by atoms with van der Waals surface area (Å²) in [7, 11) is 0. The quantitative estimate of drug-likeness (QED) is 0.757. The molecule has 0 atom stereocenters. The summed E-state index contributed by atoms with van der Waals surface area (Å²) in [6.07, 6.45) is 7.17. The first-order valence-corrected chi connectivity index (χ1v) is 9.97. The van der Waals surface area contributed by atoms with Crippen molar-refractivity contribution in [2.75, 3.05) is 18.4 Å². The number of anilines is 1. The predicted molar refractivity (Wildman–Crippen MR) is 114 cm³/mol. The summed E-state index contributed by atoms with van der Waals surface area (Å²) >= 11 is 0. The topological polar surface area (TPSA) is 79.3 Å². The molecule has 2 aliphatic rings. The van der Waals surface area contributed by atoms with Gasteiger partial charge >= 0.3 is 0 Å². The average Bonchev–Trinajstić information content (AvgIpc) is 3.39. The third-order valence-electron chi connectivity index (χ3n) is 5.75. The molecule has 0 unspecified atom stereocenters. The van der Waals surface area contributed by atoms with Crippen LogP contribution in [0, 0.1) is 0 Å². The Kier molecular flexibility index (Phi) is 6.59. The van der Waals surface area contributed by atoms with Crippen molar-refractivity contribution in [2.45, 2.75) is 50.7 Å². The van der Waals surface area contributed by atoms with Gasteiger partial charge in [0.15, 0.2) is 0 Å². The van der Waals surface area contributed by atoms with E-state index in [1.54, 1.807) is 17.8 Å². The third kappa shape index (κ3) is 4.62. The number of rotatable bonds is 6. The van der Waals surface area contributed by atoms with Crippen LogP contribution in [0.3, 0.4) is 0 Å². The number of amides is 2. The lowest BCUT2D eigenvalue weighted by Gasteiger charge is -2.36. The zero-order valence-corrected chi connectivity index (χ0v) is 17.5. The van der Waals surface area contributed by atoms with Gasteiger partial charge in [-0.25, -0.2) is 0 Å². The largest absolute Gasteiger partial charge is 0.336 e. The van der Waals surface area contributed by atoms with E-state index in [1.165, 1.54) is 0 Å². The minimum absolute atomic E-state index is 0. The summed E-state index contributed by atoms with van der Waals surface area (Å²) in [5, 5.41) is 10.7. The Labute approximate surface area is 177 Å². The SMILES string of the molecule is CC(=O)N(Cc1ccc(NC(=O)C2(n3cccn3)CCNCC2)cc1)C1CC1.Cl. The minimum atomic E-state index is -0.662. The molecule has 1 saturated heterocycles. The fourth-order valence-corrected chi connectivity index (χ4v) is 3.94. The first-order chi connectivity index (χ1) is 13.6. The number of carbonyl (C=O) groups excluding carboxylic acids is 2. The molecule has 2 heterocycles. The number of carbonyl (C=O) groups is 2. The summed E-state index contributed by atoms with van der Waals surface area (Å²) in [6.45, 7) is 3.82. The Bertz CT molecular complexity index is 827. The molecule has 7 nitrogen and oxygen atoms in total. The molecule has 1 saturated carbocycles. The summed E-state index contributed by atoms with van der Waals surface area (Å²) < 4.78 is 1.79. The van der Waals surface area contributed by atoms with Gasteiger partial charge in [0.25, 0.3) is 5.91 Å². The van der Waals surface area contributed by atoms with Gasteiger partial charge in [0.05, 0.1) is 0 Å². The Balaban J connectivity index is 0.00000240. The first kappa shape index (κ1) is 21.3. The molecule has 2 aromatic rings. The second-order valence-corrected chi connectivity index (χ2v) is 7.76. The van der Waals surface area contributed by atoms with E-state index in [0.717, 1.165) is 37.2 Å². The summed E-state index contributed by atoms with van der Waals surface area (Å²) in [4.78, 5) is 26.9. The molecule has 29 heavy (non-hydrogen) atoms. The van der Waals surface area contributed by atoms with Crippen LogP contribution >= 0.6 is 12.4 Å². The van der Waals surface area contributed by atoms with Crippen LogP contribution in [0.1, 0.15) is 38.2 Å². The van der Waals surface area contributed by atoms with Gasteiger partial charge in [-0.15, -0.1) is 12.4 Å². The van der Waals surface area contributed by atoms with E-state index in [9.17, 15) is 9.59 Å². The van der Waals surface area contributed by atoms with E-state index < -0.39 is 5.54 Å². The summed E-state index contributed by atoms with van der Waals surface area (Å²) in [6, 6.07) is 10.0. The second kappa shape index (κ2) is 8.97. The van der Waals surface area contributed by atoms with E-state index >= 15 is 0 Å². The molecule has 2 N–H and O–H groups in total. The number of halogens is 1. The van der Waals surface area contributed by atoms with Crippen LogP contribution < -0.4 is 10.6 Å². The molecule has 2 fully saturated rings. The third-order valence-corrected chi connectivity index (χ3v) is 5.75. The Morgan fingerprint density at radius 1 is 1.24 bits per heavy atom. The zero-order chi connectivity index (χ0) is 19.6. The number of piperidine rings is 1. The van der Waals surface area contributed by atoms with E-state index in [4.69, 9.17) is 0 Å². The van der Waals surface area contributed by atoms with Crippen LogP contribution in [-0.2, 0) is 21.7 Å². The van der Waals surface area contributed by atoms with Crippen molar-refractivity contribution >= 4 is 29.9 Å². The molecule has 2 amide bonds. The smallest absolute Gasteiger partial charge is 0.252 e. The highest BCUT2D eigenvalue weighted by molar-refractivity contribution is 5.96. The molecule has 4 rings (SSSR count). The van der Waals surface area contributed by atoms with Crippen molar-refractivity contribution in [3.05, 3.63) is 48.3 Å². The first-order valence-electron chi connectivity index (χ1n) is 9.97.